The molecule has 0 amide bonds. The molecule has 2 aromatic heterocycles. The molecule has 1 N–H and O–H groups in total. The van der Waals surface area contributed by atoms with Gasteiger partial charge in [0.1, 0.15) is 4.21 Å². The minimum atomic E-state index is -3.56. The molecule has 0 aliphatic rings. The quantitative estimate of drug-likeness (QED) is 0.774. The van der Waals surface area contributed by atoms with E-state index in [1.165, 1.54) is 6.07 Å². The van der Waals surface area contributed by atoms with Crippen LogP contribution in [0.1, 0.15) is 11.5 Å². The highest BCUT2D eigenvalue weighted by Crippen LogP contribution is 2.27. The van der Waals surface area contributed by atoms with Crippen LogP contribution in [0.4, 0.5) is 0 Å². The number of hydrogen-bond donors (Lipinski definition) is 1. The van der Waals surface area contributed by atoms with Gasteiger partial charge in [-0.1, -0.05) is 30.3 Å². The van der Waals surface area contributed by atoms with E-state index >= 15 is 0 Å². The van der Waals surface area contributed by atoms with E-state index in [9.17, 15) is 8.42 Å². The molecule has 0 atom stereocenters. The first-order valence-corrected chi connectivity index (χ1v) is 8.83. The normalized spacial score (nSPS) is 11.7. The van der Waals surface area contributed by atoms with Crippen molar-refractivity contribution in [3.63, 3.8) is 0 Å². The van der Waals surface area contributed by atoms with Gasteiger partial charge in [-0.2, -0.15) is 0 Å². The van der Waals surface area contributed by atoms with E-state index in [0.717, 1.165) is 16.9 Å². The van der Waals surface area contributed by atoms with Crippen molar-refractivity contribution in [3.8, 4) is 11.5 Å². The number of sulfonamides is 1. The van der Waals surface area contributed by atoms with Crippen LogP contribution in [0.3, 0.4) is 0 Å². The van der Waals surface area contributed by atoms with E-state index in [1.54, 1.807) is 12.3 Å². The van der Waals surface area contributed by atoms with Gasteiger partial charge in [-0.3, -0.25) is 0 Å². The van der Waals surface area contributed by atoms with Crippen LogP contribution in [-0.4, -0.2) is 18.6 Å². The second-order valence-corrected chi connectivity index (χ2v) is 7.50. The maximum Gasteiger partial charge on any atom is 0.250 e. The van der Waals surface area contributed by atoms with Gasteiger partial charge >= 0.3 is 0 Å². The third-order valence-corrected chi connectivity index (χ3v) is 5.76. The van der Waals surface area contributed by atoms with Gasteiger partial charge in [0.25, 0.3) is 0 Å². The molecule has 8 heteroatoms. The number of hydrogen-bond acceptors (Lipinski definition) is 6. The average Bonchev–Trinajstić information content (AvgIpc) is 3.15. The molecule has 0 unspecified atom stereocenters. The summed E-state index contributed by atoms with van der Waals surface area (Å²) in [4.78, 5) is 0. The van der Waals surface area contributed by atoms with E-state index in [2.05, 4.69) is 14.9 Å². The summed E-state index contributed by atoms with van der Waals surface area (Å²) in [5.41, 5.74) is 1.50. The molecule has 3 aromatic rings. The van der Waals surface area contributed by atoms with Crippen molar-refractivity contribution in [2.45, 2.75) is 17.7 Å². The molecule has 1 aromatic carbocycles. The van der Waals surface area contributed by atoms with E-state index in [1.807, 2.05) is 30.3 Å². The maximum absolute atomic E-state index is 12.3. The largest absolute Gasteiger partial charge is 0.421 e. The molecule has 2 heterocycles. The van der Waals surface area contributed by atoms with Gasteiger partial charge in [-0.05, 0) is 11.6 Å². The lowest BCUT2D eigenvalue weighted by molar-refractivity contribution is 0.533. The first-order chi connectivity index (χ1) is 10.5. The highest BCUT2D eigenvalue weighted by molar-refractivity contribution is 7.91. The van der Waals surface area contributed by atoms with Crippen LogP contribution in [0.15, 0.2) is 50.4 Å². The summed E-state index contributed by atoms with van der Waals surface area (Å²) in [6.45, 7) is 1.93. The summed E-state index contributed by atoms with van der Waals surface area (Å²) in [5, 5.41) is 9.30. The van der Waals surface area contributed by atoms with Gasteiger partial charge < -0.3 is 4.42 Å². The Hall–Kier alpha value is -2.03. The van der Waals surface area contributed by atoms with Crippen molar-refractivity contribution in [1.82, 2.24) is 14.9 Å². The van der Waals surface area contributed by atoms with E-state index in [-0.39, 0.29) is 10.8 Å². The van der Waals surface area contributed by atoms with Gasteiger partial charge in [-0.15, -0.1) is 21.5 Å². The minimum Gasteiger partial charge on any atom is -0.421 e. The summed E-state index contributed by atoms with van der Waals surface area (Å²) in [7, 11) is -3.56. The molecule has 0 aliphatic carbocycles. The number of nitrogens with zero attached hydrogens (tertiary/aromatic N) is 2. The Morgan fingerprint density at radius 1 is 1.23 bits per heavy atom. The summed E-state index contributed by atoms with van der Waals surface area (Å²) >= 11 is 1.12. The van der Waals surface area contributed by atoms with Crippen molar-refractivity contribution >= 4 is 21.4 Å². The molecule has 0 aliphatic heterocycles. The fourth-order valence-electron chi connectivity index (χ4n) is 1.83. The van der Waals surface area contributed by atoms with Crippen molar-refractivity contribution in [2.24, 2.45) is 0 Å². The standard InChI is InChI=1S/C14H13N3O3S2/c1-10-16-17-14(20-10)12-7-13(21-9-12)22(18,19)15-8-11-5-3-2-4-6-11/h2-7,9,15H,8H2,1H3. The van der Waals surface area contributed by atoms with Crippen molar-refractivity contribution < 1.29 is 12.8 Å². The summed E-state index contributed by atoms with van der Waals surface area (Å²) in [6.07, 6.45) is 0. The molecular weight excluding hydrogens is 322 g/mol. The van der Waals surface area contributed by atoms with Crippen molar-refractivity contribution in [1.29, 1.82) is 0 Å². The third-order valence-electron chi connectivity index (χ3n) is 2.92. The van der Waals surface area contributed by atoms with Crippen LogP contribution >= 0.6 is 11.3 Å². The van der Waals surface area contributed by atoms with Crippen molar-refractivity contribution in [2.75, 3.05) is 0 Å². The van der Waals surface area contributed by atoms with Crippen LogP contribution in [0.5, 0.6) is 0 Å². The minimum absolute atomic E-state index is 0.217. The number of benzene rings is 1. The molecule has 0 saturated heterocycles. The van der Waals surface area contributed by atoms with E-state index < -0.39 is 10.0 Å². The van der Waals surface area contributed by atoms with Gasteiger partial charge in [0, 0.05) is 18.8 Å². The number of aromatic nitrogens is 2. The number of thiophene rings is 1. The zero-order valence-electron chi connectivity index (χ0n) is 11.7. The predicted octanol–water partition coefficient (Wildman–Crippen LogP) is 2.59. The first kappa shape index (κ1) is 14.9. The average molecular weight is 335 g/mol. The second kappa shape index (κ2) is 5.99. The molecule has 0 bridgehead atoms. The van der Waals surface area contributed by atoms with Gasteiger partial charge in [0.15, 0.2) is 0 Å². The molecule has 114 valence electrons. The zero-order chi connectivity index (χ0) is 15.6. The van der Waals surface area contributed by atoms with Crippen LogP contribution in [-0.2, 0) is 16.6 Å². The van der Waals surface area contributed by atoms with Crippen LogP contribution in [0, 0.1) is 6.92 Å². The molecule has 22 heavy (non-hydrogen) atoms. The zero-order valence-corrected chi connectivity index (χ0v) is 13.3. The SMILES string of the molecule is Cc1nnc(-c2csc(S(=O)(=O)NCc3ccccc3)c2)o1. The highest BCUT2D eigenvalue weighted by atomic mass is 32.2. The molecule has 0 radical (unpaired) electrons. The molecule has 0 saturated carbocycles. The van der Waals surface area contributed by atoms with Crippen LogP contribution in [0.25, 0.3) is 11.5 Å². The summed E-state index contributed by atoms with van der Waals surface area (Å²) in [5.74, 6) is 0.756. The molecule has 6 nitrogen and oxygen atoms in total. The topological polar surface area (TPSA) is 85.1 Å². The first-order valence-electron chi connectivity index (χ1n) is 6.47. The van der Waals surface area contributed by atoms with Crippen LogP contribution in [0.2, 0.25) is 0 Å². The molecule has 3 rings (SSSR count). The lowest BCUT2D eigenvalue weighted by atomic mass is 10.2. The van der Waals surface area contributed by atoms with Crippen LogP contribution < -0.4 is 4.72 Å². The Balaban J connectivity index is 1.77. The van der Waals surface area contributed by atoms with Gasteiger partial charge in [0.2, 0.25) is 21.8 Å². The Kier molecular flexibility index (Phi) is 4.06. The highest BCUT2D eigenvalue weighted by Gasteiger charge is 2.18. The molecule has 0 fully saturated rings. The van der Waals surface area contributed by atoms with E-state index in [0.29, 0.717) is 17.3 Å². The Morgan fingerprint density at radius 2 is 2.00 bits per heavy atom. The molecule has 0 spiro atoms. The van der Waals surface area contributed by atoms with Gasteiger partial charge in [-0.25, -0.2) is 13.1 Å². The lowest BCUT2D eigenvalue weighted by Crippen LogP contribution is -2.22. The summed E-state index contributed by atoms with van der Waals surface area (Å²) in [6, 6.07) is 10.9. The fraction of sp³-hybridized carbons (Fsp3) is 0.143. The Bertz CT molecular complexity index is 870. The monoisotopic (exact) mass is 335 g/mol. The second-order valence-electron chi connectivity index (χ2n) is 4.59. The fourth-order valence-corrected chi connectivity index (χ4v) is 4.04. The Morgan fingerprint density at radius 3 is 2.68 bits per heavy atom. The number of aryl methyl sites for hydroxylation is 1. The number of rotatable bonds is 5. The number of nitrogens with one attached hydrogen (secondary N) is 1. The predicted molar refractivity (Wildman–Crippen MR) is 82.8 cm³/mol. The summed E-state index contributed by atoms with van der Waals surface area (Å²) < 4.78 is 32.7. The third kappa shape index (κ3) is 3.24. The molecular formula is C14H13N3O3S2. The smallest absolute Gasteiger partial charge is 0.250 e. The van der Waals surface area contributed by atoms with Gasteiger partial charge in [0.05, 0.1) is 5.56 Å². The van der Waals surface area contributed by atoms with Crippen molar-refractivity contribution in [3.05, 3.63) is 53.2 Å². The lowest BCUT2D eigenvalue weighted by Gasteiger charge is -2.04. The van der Waals surface area contributed by atoms with E-state index in [4.69, 9.17) is 4.42 Å². The Labute approximate surface area is 131 Å². The maximum atomic E-state index is 12.3.